The molecule has 0 spiro atoms. The van der Waals surface area contributed by atoms with Gasteiger partial charge in [0.05, 0.1) is 12.6 Å². The van der Waals surface area contributed by atoms with Crippen molar-refractivity contribution in [3.05, 3.63) is 0 Å². The van der Waals surface area contributed by atoms with E-state index < -0.39 is 35.8 Å². The molecule has 11 heteroatoms. The molecular formula is C16H27N3O8. The van der Waals surface area contributed by atoms with Gasteiger partial charge in [0, 0.05) is 19.4 Å². The Kier molecular flexibility index (Phi) is 12.4. The number of ketones is 1. The molecule has 5 N–H and O–H groups in total. The Labute approximate surface area is 156 Å². The highest BCUT2D eigenvalue weighted by Crippen LogP contribution is 2.02. The summed E-state index contributed by atoms with van der Waals surface area (Å²) < 4.78 is 5.00. The highest BCUT2D eigenvalue weighted by molar-refractivity contribution is 5.90. The first-order valence-corrected chi connectivity index (χ1v) is 8.43. The van der Waals surface area contributed by atoms with Gasteiger partial charge in [-0.05, 0) is 26.8 Å². The van der Waals surface area contributed by atoms with E-state index in [0.29, 0.717) is 0 Å². The van der Waals surface area contributed by atoms with Gasteiger partial charge in [-0.3, -0.25) is 24.0 Å². The molecule has 0 aliphatic carbocycles. The van der Waals surface area contributed by atoms with Gasteiger partial charge in [0.15, 0.2) is 5.78 Å². The summed E-state index contributed by atoms with van der Waals surface area (Å²) in [5.74, 6) is -3.54. The van der Waals surface area contributed by atoms with Crippen molar-refractivity contribution >= 4 is 29.5 Å². The Morgan fingerprint density at radius 1 is 0.926 bits per heavy atom. The molecule has 0 aromatic heterocycles. The molecular weight excluding hydrogens is 362 g/mol. The second-order valence-electron chi connectivity index (χ2n) is 5.81. The Morgan fingerprint density at radius 3 is 1.96 bits per heavy atom. The van der Waals surface area contributed by atoms with Gasteiger partial charge in [0.1, 0.15) is 12.6 Å². The minimum absolute atomic E-state index is 0.0177. The SMILES string of the molecule is CN[C@H](CCC(=O)O)C(=O)N[C@H](CCC(=O)O)C(=O)NCCOCC(C)=O. The minimum atomic E-state index is -1.12. The topological polar surface area (TPSA) is 171 Å². The molecule has 0 radical (unpaired) electrons. The highest BCUT2D eigenvalue weighted by Gasteiger charge is 2.25. The zero-order valence-corrected chi connectivity index (χ0v) is 15.4. The molecule has 0 rings (SSSR count). The van der Waals surface area contributed by atoms with Gasteiger partial charge in [-0.1, -0.05) is 0 Å². The molecule has 0 aliphatic heterocycles. The lowest BCUT2D eigenvalue weighted by molar-refractivity contribution is -0.139. The fourth-order valence-electron chi connectivity index (χ4n) is 2.07. The maximum atomic E-state index is 12.2. The first-order valence-electron chi connectivity index (χ1n) is 8.43. The molecule has 0 aromatic rings. The predicted octanol–water partition coefficient (Wildman–Crippen LogP) is -1.49. The Morgan fingerprint density at radius 2 is 1.48 bits per heavy atom. The second-order valence-corrected chi connectivity index (χ2v) is 5.81. The number of likely N-dealkylation sites (N-methyl/N-ethyl adjacent to an activating group) is 1. The normalized spacial score (nSPS) is 12.7. The quantitative estimate of drug-likeness (QED) is 0.209. The number of hydrogen-bond acceptors (Lipinski definition) is 7. The minimum Gasteiger partial charge on any atom is -0.481 e. The smallest absolute Gasteiger partial charge is 0.303 e. The summed E-state index contributed by atoms with van der Waals surface area (Å²) >= 11 is 0. The molecule has 2 amide bonds. The fraction of sp³-hybridized carbons (Fsp3) is 0.688. The van der Waals surface area contributed by atoms with E-state index in [1.165, 1.54) is 14.0 Å². The van der Waals surface area contributed by atoms with E-state index in [9.17, 15) is 24.0 Å². The summed E-state index contributed by atoms with van der Waals surface area (Å²) in [6.07, 6.45) is -0.683. The monoisotopic (exact) mass is 389 g/mol. The third kappa shape index (κ3) is 12.5. The van der Waals surface area contributed by atoms with E-state index in [1.807, 2.05) is 0 Å². The van der Waals surface area contributed by atoms with Gasteiger partial charge < -0.3 is 30.9 Å². The molecule has 0 aromatic carbocycles. The van der Waals surface area contributed by atoms with Gasteiger partial charge in [-0.25, -0.2) is 0 Å². The van der Waals surface area contributed by atoms with Crippen molar-refractivity contribution in [2.24, 2.45) is 0 Å². The van der Waals surface area contributed by atoms with Crippen molar-refractivity contribution in [3.8, 4) is 0 Å². The number of aliphatic carboxylic acids is 2. The van der Waals surface area contributed by atoms with Crippen molar-refractivity contribution in [2.45, 2.75) is 44.7 Å². The summed E-state index contributed by atoms with van der Waals surface area (Å²) in [6, 6.07) is -1.93. The van der Waals surface area contributed by atoms with Crippen molar-refractivity contribution in [3.63, 3.8) is 0 Å². The van der Waals surface area contributed by atoms with E-state index in [4.69, 9.17) is 14.9 Å². The van der Waals surface area contributed by atoms with Crippen LogP contribution >= 0.6 is 0 Å². The summed E-state index contributed by atoms with van der Waals surface area (Å²) in [5, 5.41) is 25.1. The van der Waals surface area contributed by atoms with E-state index in [0.717, 1.165) is 0 Å². The standard InChI is InChI=1S/C16H27N3O8/c1-10(20)9-27-8-7-18-15(25)12(4-6-14(23)24)19-16(26)11(17-2)3-5-13(21)22/h11-12,17H,3-9H2,1-2H3,(H,18,25)(H,19,26)(H,21,22)(H,23,24)/t11-,12-/m1/s1. The van der Waals surface area contributed by atoms with E-state index >= 15 is 0 Å². The zero-order chi connectivity index (χ0) is 20.8. The van der Waals surface area contributed by atoms with Crippen LogP contribution < -0.4 is 16.0 Å². The molecule has 0 unspecified atom stereocenters. The molecule has 27 heavy (non-hydrogen) atoms. The number of amides is 2. The largest absolute Gasteiger partial charge is 0.481 e. The number of carboxylic acids is 2. The maximum Gasteiger partial charge on any atom is 0.303 e. The van der Waals surface area contributed by atoms with E-state index in [-0.39, 0.29) is 51.2 Å². The van der Waals surface area contributed by atoms with Crippen LogP contribution in [0.3, 0.4) is 0 Å². The van der Waals surface area contributed by atoms with Gasteiger partial charge >= 0.3 is 11.9 Å². The molecule has 0 heterocycles. The molecule has 0 bridgehead atoms. The number of ether oxygens (including phenoxy) is 1. The van der Waals surface area contributed by atoms with Gasteiger partial charge in [-0.15, -0.1) is 0 Å². The average molecular weight is 389 g/mol. The van der Waals surface area contributed by atoms with Crippen molar-refractivity contribution in [2.75, 3.05) is 26.8 Å². The van der Waals surface area contributed by atoms with Gasteiger partial charge in [0.2, 0.25) is 11.8 Å². The Hall–Kier alpha value is -2.53. The van der Waals surface area contributed by atoms with Crippen molar-refractivity contribution in [1.29, 1.82) is 0 Å². The number of hydrogen-bond donors (Lipinski definition) is 5. The Balaban J connectivity index is 4.68. The third-order valence-electron chi connectivity index (χ3n) is 3.44. The number of carbonyl (C=O) groups excluding carboxylic acids is 3. The van der Waals surface area contributed by atoms with E-state index in [2.05, 4.69) is 16.0 Å². The second kappa shape index (κ2) is 13.6. The highest BCUT2D eigenvalue weighted by atomic mass is 16.5. The first kappa shape index (κ1) is 24.5. The van der Waals surface area contributed by atoms with Crippen molar-refractivity contribution in [1.82, 2.24) is 16.0 Å². The zero-order valence-electron chi connectivity index (χ0n) is 15.4. The fourth-order valence-corrected chi connectivity index (χ4v) is 2.07. The lowest BCUT2D eigenvalue weighted by atomic mass is 10.1. The van der Waals surface area contributed by atoms with Crippen LogP contribution in [-0.4, -0.2) is 78.6 Å². The third-order valence-corrected chi connectivity index (χ3v) is 3.44. The number of Topliss-reactive ketones (excluding diaryl/α,β-unsaturated/α-hetero) is 1. The summed E-state index contributed by atoms with van der Waals surface area (Å²) in [7, 11) is 1.48. The first-order chi connectivity index (χ1) is 12.7. The number of rotatable bonds is 15. The predicted molar refractivity (Wildman–Crippen MR) is 93.0 cm³/mol. The summed E-state index contributed by atoms with van der Waals surface area (Å²) in [6.45, 7) is 1.45. The van der Waals surface area contributed by atoms with Crippen LogP contribution in [0.15, 0.2) is 0 Å². The number of nitrogens with one attached hydrogen (secondary N) is 3. The van der Waals surface area contributed by atoms with Crippen molar-refractivity contribution < 1.29 is 38.9 Å². The molecule has 11 nitrogen and oxygen atoms in total. The van der Waals surface area contributed by atoms with Crippen LogP contribution in [0.5, 0.6) is 0 Å². The van der Waals surface area contributed by atoms with Crippen LogP contribution in [0.25, 0.3) is 0 Å². The van der Waals surface area contributed by atoms with Gasteiger partial charge in [-0.2, -0.15) is 0 Å². The Bertz CT molecular complexity index is 538. The van der Waals surface area contributed by atoms with Crippen LogP contribution in [0.1, 0.15) is 32.6 Å². The number of carboxylic acid groups (broad SMARTS) is 2. The van der Waals surface area contributed by atoms with Crippen LogP contribution in [0.2, 0.25) is 0 Å². The number of carbonyl (C=O) groups is 5. The maximum absolute atomic E-state index is 12.2. The lowest BCUT2D eigenvalue weighted by Crippen LogP contribution is -2.52. The lowest BCUT2D eigenvalue weighted by Gasteiger charge is -2.21. The summed E-state index contributed by atoms with van der Waals surface area (Å²) in [5.41, 5.74) is 0. The summed E-state index contributed by atoms with van der Waals surface area (Å²) in [4.78, 5) is 56.6. The molecule has 0 aliphatic rings. The van der Waals surface area contributed by atoms with Crippen LogP contribution in [-0.2, 0) is 28.7 Å². The molecule has 0 saturated heterocycles. The molecule has 154 valence electrons. The average Bonchev–Trinajstić information content (AvgIpc) is 2.57. The van der Waals surface area contributed by atoms with E-state index in [1.54, 1.807) is 0 Å². The molecule has 0 fully saturated rings. The van der Waals surface area contributed by atoms with Crippen LogP contribution in [0.4, 0.5) is 0 Å². The molecule has 2 atom stereocenters. The van der Waals surface area contributed by atoms with Crippen LogP contribution in [0, 0.1) is 0 Å². The molecule has 0 saturated carbocycles. The van der Waals surface area contributed by atoms with Gasteiger partial charge in [0.25, 0.3) is 0 Å².